The Labute approximate surface area is 213 Å². The number of fused-ring (bicyclic) bond motifs is 4. The van der Waals surface area contributed by atoms with Gasteiger partial charge in [-0.15, -0.1) is 0 Å². The van der Waals surface area contributed by atoms with Crippen LogP contribution in [0.1, 0.15) is 28.2 Å². The molecule has 1 aromatic heterocycles. The van der Waals surface area contributed by atoms with Gasteiger partial charge in [-0.25, -0.2) is 18.1 Å². The van der Waals surface area contributed by atoms with Gasteiger partial charge in [0.25, 0.3) is 10.0 Å². The number of rotatable bonds is 8. The predicted molar refractivity (Wildman–Crippen MR) is 130 cm³/mol. The van der Waals surface area contributed by atoms with Crippen LogP contribution in [-0.2, 0) is 36.1 Å². The van der Waals surface area contributed by atoms with Crippen molar-refractivity contribution in [2.45, 2.75) is 42.0 Å². The molecule has 3 unspecified atom stereocenters. The Kier molecular flexibility index (Phi) is 5.49. The van der Waals surface area contributed by atoms with E-state index in [0.29, 0.717) is 29.8 Å². The molecule has 1 saturated heterocycles. The van der Waals surface area contributed by atoms with E-state index in [2.05, 4.69) is 21.7 Å². The van der Waals surface area contributed by atoms with E-state index in [1.165, 1.54) is 30.2 Å². The molecular formula is C26H27F3N4O3S. The molecule has 6 rings (SSSR count). The number of benzene rings is 2. The third-order valence-corrected chi connectivity index (χ3v) is 9.38. The highest BCUT2D eigenvalue weighted by atomic mass is 32.2. The fraction of sp³-hybridized carbons (Fsp3) is 0.423. The second-order valence-corrected chi connectivity index (χ2v) is 12.0. The standard InChI is InChI=1S/C26H27F3N4O3S/c1-32-14-22(30-15-32)37(34,35)31-8-9-36-19-7-6-17-13-25(23-24(25)33(23)2)21(20(17)12-19)11-16-4-3-5-18(10-16)26(27,28)29/h3-7,10,12,14-15,21,23-24,31H,8-9,11,13H2,1-2H3. The van der Waals surface area contributed by atoms with Crippen LogP contribution >= 0.6 is 0 Å². The van der Waals surface area contributed by atoms with Crippen molar-refractivity contribution in [2.75, 3.05) is 20.2 Å². The molecule has 2 aromatic carbocycles. The lowest BCUT2D eigenvalue weighted by Gasteiger charge is -2.29. The summed E-state index contributed by atoms with van der Waals surface area (Å²) in [6, 6.07) is 12.5. The molecular weight excluding hydrogens is 505 g/mol. The molecule has 37 heavy (non-hydrogen) atoms. The summed E-state index contributed by atoms with van der Waals surface area (Å²) in [4.78, 5) is 6.18. The quantitative estimate of drug-likeness (QED) is 0.356. The van der Waals surface area contributed by atoms with Gasteiger partial charge in [0, 0.05) is 37.3 Å². The number of halogens is 3. The number of ether oxygens (including phenoxy) is 1. The molecule has 7 nitrogen and oxygen atoms in total. The van der Waals surface area contributed by atoms with Crippen molar-refractivity contribution in [3.05, 3.63) is 77.2 Å². The van der Waals surface area contributed by atoms with E-state index in [9.17, 15) is 21.6 Å². The first kappa shape index (κ1) is 24.4. The zero-order valence-corrected chi connectivity index (χ0v) is 21.2. The van der Waals surface area contributed by atoms with Gasteiger partial charge < -0.3 is 9.30 Å². The summed E-state index contributed by atoms with van der Waals surface area (Å²) in [7, 11) is 0.0585. The third kappa shape index (κ3) is 4.13. The van der Waals surface area contributed by atoms with E-state index in [1.54, 1.807) is 17.7 Å². The first-order chi connectivity index (χ1) is 17.5. The fourth-order valence-electron chi connectivity index (χ4n) is 6.30. The number of likely N-dealkylation sites (tertiary alicyclic amines) is 1. The first-order valence-electron chi connectivity index (χ1n) is 12.1. The number of sulfonamides is 1. The van der Waals surface area contributed by atoms with Crippen LogP contribution in [0.3, 0.4) is 0 Å². The van der Waals surface area contributed by atoms with Crippen molar-refractivity contribution in [2.24, 2.45) is 12.5 Å². The van der Waals surface area contributed by atoms with Gasteiger partial charge >= 0.3 is 6.18 Å². The van der Waals surface area contributed by atoms with Gasteiger partial charge in [0.05, 0.1) is 11.9 Å². The zero-order chi connectivity index (χ0) is 26.2. The van der Waals surface area contributed by atoms with Crippen molar-refractivity contribution in [1.82, 2.24) is 19.2 Å². The van der Waals surface area contributed by atoms with Crippen LogP contribution in [-0.4, -0.2) is 55.2 Å². The maximum absolute atomic E-state index is 13.3. The van der Waals surface area contributed by atoms with Crippen molar-refractivity contribution >= 4 is 10.0 Å². The molecule has 0 bridgehead atoms. The molecule has 1 saturated carbocycles. The molecule has 0 amide bonds. The minimum atomic E-state index is -4.37. The monoisotopic (exact) mass is 532 g/mol. The van der Waals surface area contributed by atoms with Crippen molar-refractivity contribution < 1.29 is 26.3 Å². The van der Waals surface area contributed by atoms with E-state index in [4.69, 9.17) is 4.74 Å². The Morgan fingerprint density at radius 2 is 1.95 bits per heavy atom. The van der Waals surface area contributed by atoms with Gasteiger partial charge in [-0.1, -0.05) is 24.3 Å². The normalized spacial score (nSPS) is 27.7. The summed E-state index contributed by atoms with van der Waals surface area (Å²) in [6.07, 6.45) is -0.0904. The summed E-state index contributed by atoms with van der Waals surface area (Å²) >= 11 is 0. The first-order valence-corrected chi connectivity index (χ1v) is 13.6. The van der Waals surface area contributed by atoms with E-state index < -0.39 is 21.8 Å². The highest BCUT2D eigenvalue weighted by Gasteiger charge is 2.84. The SMILES string of the molecule is CN1C2C1C21Cc2ccc(OCCNS(=O)(=O)c3cn(C)cn3)cc2C1Cc1cccc(C(F)(F)F)c1. The average molecular weight is 533 g/mol. The summed E-state index contributed by atoms with van der Waals surface area (Å²) < 4.78 is 74.5. The molecule has 0 radical (unpaired) electrons. The highest BCUT2D eigenvalue weighted by Crippen LogP contribution is 2.76. The van der Waals surface area contributed by atoms with Crippen LogP contribution < -0.4 is 9.46 Å². The highest BCUT2D eigenvalue weighted by molar-refractivity contribution is 7.89. The lowest BCUT2D eigenvalue weighted by atomic mass is 9.81. The molecule has 196 valence electrons. The van der Waals surface area contributed by atoms with Gasteiger partial charge in [0.1, 0.15) is 12.4 Å². The Morgan fingerprint density at radius 3 is 2.62 bits per heavy atom. The second kappa shape index (κ2) is 8.31. The van der Waals surface area contributed by atoms with Crippen LogP contribution in [0.25, 0.3) is 0 Å². The Morgan fingerprint density at radius 1 is 1.16 bits per heavy atom. The average Bonchev–Trinajstić information content (AvgIpc) is 3.60. The van der Waals surface area contributed by atoms with Gasteiger partial charge in [0.2, 0.25) is 0 Å². The van der Waals surface area contributed by atoms with Crippen molar-refractivity contribution in [3.8, 4) is 5.75 Å². The number of aryl methyl sites for hydroxylation is 1. The summed E-state index contributed by atoms with van der Waals surface area (Å²) in [5, 5.41) is -0.0526. The van der Waals surface area contributed by atoms with Crippen LogP contribution in [0, 0.1) is 5.41 Å². The topological polar surface area (TPSA) is 76.2 Å². The number of aromatic nitrogens is 2. The molecule has 3 aromatic rings. The van der Waals surface area contributed by atoms with Crippen LogP contribution in [0.15, 0.2) is 60.0 Å². The van der Waals surface area contributed by atoms with E-state index in [1.807, 2.05) is 18.2 Å². The maximum atomic E-state index is 13.3. The van der Waals surface area contributed by atoms with Gasteiger partial charge in [-0.05, 0) is 60.7 Å². The molecule has 1 aliphatic heterocycles. The molecule has 1 N–H and O–H groups in total. The largest absolute Gasteiger partial charge is 0.492 e. The van der Waals surface area contributed by atoms with Crippen LogP contribution in [0.5, 0.6) is 5.75 Å². The third-order valence-electron chi connectivity index (χ3n) is 8.03. The van der Waals surface area contributed by atoms with Crippen LogP contribution in [0.4, 0.5) is 13.2 Å². The molecule has 2 heterocycles. The minimum absolute atomic E-state index is 0.0526. The summed E-state index contributed by atoms with van der Waals surface area (Å²) in [5.74, 6) is 0.716. The van der Waals surface area contributed by atoms with Crippen molar-refractivity contribution in [3.63, 3.8) is 0 Å². The molecule has 2 aliphatic carbocycles. The number of alkyl halides is 3. The van der Waals surface area contributed by atoms with Gasteiger partial charge in [0.15, 0.2) is 5.03 Å². The van der Waals surface area contributed by atoms with E-state index >= 15 is 0 Å². The van der Waals surface area contributed by atoms with E-state index in [-0.39, 0.29) is 29.5 Å². The summed E-state index contributed by atoms with van der Waals surface area (Å²) in [6.45, 7) is 0.199. The van der Waals surface area contributed by atoms with Crippen LogP contribution in [0.2, 0.25) is 0 Å². The molecule has 1 spiro atoms. The van der Waals surface area contributed by atoms with Crippen molar-refractivity contribution in [1.29, 1.82) is 0 Å². The Bertz CT molecular complexity index is 1460. The van der Waals surface area contributed by atoms with E-state index in [0.717, 1.165) is 18.1 Å². The molecule has 3 aliphatic rings. The fourth-order valence-corrected chi connectivity index (χ4v) is 7.29. The Balaban J connectivity index is 1.17. The number of nitrogens with zero attached hydrogens (tertiary/aromatic N) is 3. The second-order valence-electron chi connectivity index (χ2n) is 10.3. The number of likely N-dealkylation sites (N-methyl/N-ethyl adjacent to an activating group) is 1. The lowest BCUT2D eigenvalue weighted by Crippen LogP contribution is -2.31. The molecule has 3 atom stereocenters. The number of hydrogen-bond acceptors (Lipinski definition) is 5. The van der Waals surface area contributed by atoms with Gasteiger partial charge in [-0.2, -0.15) is 13.2 Å². The summed E-state index contributed by atoms with van der Waals surface area (Å²) in [5.41, 5.74) is 2.45. The zero-order valence-electron chi connectivity index (χ0n) is 20.4. The number of hydrogen-bond donors (Lipinski definition) is 1. The number of imidazole rings is 1. The Hall–Kier alpha value is -2.89. The number of nitrogens with one attached hydrogen (secondary N) is 1. The van der Waals surface area contributed by atoms with Gasteiger partial charge in [-0.3, -0.25) is 4.90 Å². The molecule has 11 heteroatoms. The maximum Gasteiger partial charge on any atom is 0.416 e. The minimum Gasteiger partial charge on any atom is -0.492 e. The molecule has 2 fully saturated rings. The predicted octanol–water partition coefficient (Wildman–Crippen LogP) is 3.36. The smallest absolute Gasteiger partial charge is 0.416 e. The lowest BCUT2D eigenvalue weighted by molar-refractivity contribution is -0.137.